The molecule has 1 aromatic rings. The van der Waals surface area contributed by atoms with Gasteiger partial charge < -0.3 is 10.2 Å². The third-order valence-electron chi connectivity index (χ3n) is 4.35. The lowest BCUT2D eigenvalue weighted by Gasteiger charge is -2.45. The fourth-order valence-electron chi connectivity index (χ4n) is 3.15. The molecular weight excluding hydrogens is 208 g/mol. The first-order valence-corrected chi connectivity index (χ1v) is 6.82. The van der Waals surface area contributed by atoms with Gasteiger partial charge in [-0.25, -0.2) is 0 Å². The van der Waals surface area contributed by atoms with Crippen LogP contribution in [0.4, 0.5) is 0 Å². The van der Waals surface area contributed by atoms with Crippen molar-refractivity contribution in [2.75, 3.05) is 19.6 Å². The van der Waals surface area contributed by atoms with Crippen molar-refractivity contribution < 1.29 is 0 Å². The molecule has 1 N–H and O–H groups in total. The molecule has 0 saturated carbocycles. The summed E-state index contributed by atoms with van der Waals surface area (Å²) >= 11 is 0. The number of nitrogens with zero attached hydrogens (tertiary/aromatic N) is 1. The first kappa shape index (κ1) is 11.2. The van der Waals surface area contributed by atoms with Gasteiger partial charge in [0.05, 0.1) is 0 Å². The van der Waals surface area contributed by atoms with Gasteiger partial charge in [0.2, 0.25) is 0 Å². The van der Waals surface area contributed by atoms with E-state index in [0.29, 0.717) is 0 Å². The zero-order valence-electron chi connectivity index (χ0n) is 10.7. The van der Waals surface area contributed by atoms with Gasteiger partial charge in [0.15, 0.2) is 0 Å². The minimum atomic E-state index is 0.721. The number of benzene rings is 1. The van der Waals surface area contributed by atoms with Crippen LogP contribution >= 0.6 is 0 Å². The van der Waals surface area contributed by atoms with Gasteiger partial charge in [-0.1, -0.05) is 29.8 Å². The fourth-order valence-corrected chi connectivity index (χ4v) is 3.15. The monoisotopic (exact) mass is 230 g/mol. The molecule has 3 saturated heterocycles. The number of piperidine rings is 3. The van der Waals surface area contributed by atoms with E-state index in [1.165, 1.54) is 43.6 Å². The number of hydrogen-bond acceptors (Lipinski definition) is 2. The highest BCUT2D eigenvalue weighted by Gasteiger charge is 2.33. The van der Waals surface area contributed by atoms with Crippen LogP contribution in [0.1, 0.15) is 24.0 Å². The quantitative estimate of drug-likeness (QED) is 0.856. The summed E-state index contributed by atoms with van der Waals surface area (Å²) < 4.78 is 0. The molecule has 0 unspecified atom stereocenters. The molecule has 2 heteroatoms. The second kappa shape index (κ2) is 4.79. The topological polar surface area (TPSA) is 15.3 Å². The molecule has 0 aromatic heterocycles. The number of rotatable bonds is 3. The number of hydrogen-bond donors (Lipinski definition) is 1. The number of aryl methyl sites for hydroxylation is 1. The summed E-state index contributed by atoms with van der Waals surface area (Å²) in [6.45, 7) is 7.08. The molecule has 0 amide bonds. The van der Waals surface area contributed by atoms with Gasteiger partial charge in [-0.2, -0.15) is 0 Å². The lowest BCUT2D eigenvalue weighted by atomic mass is 9.84. The summed E-state index contributed by atoms with van der Waals surface area (Å²) in [5.41, 5.74) is 2.75. The standard InChI is InChI=1S/C15H22N2/c1-12-2-4-13(5-3-12)10-16-15-11-17-8-6-14(15)7-9-17/h2-5,14-16H,6-11H2,1H3/t15-/m1/s1. The average Bonchev–Trinajstić information content (AvgIpc) is 2.39. The van der Waals surface area contributed by atoms with E-state index in [-0.39, 0.29) is 0 Å². The lowest BCUT2D eigenvalue weighted by molar-refractivity contribution is 0.0720. The Balaban J connectivity index is 1.56. The molecule has 1 aromatic carbocycles. The van der Waals surface area contributed by atoms with Crippen LogP contribution in [0.25, 0.3) is 0 Å². The van der Waals surface area contributed by atoms with E-state index in [9.17, 15) is 0 Å². The molecular formula is C15H22N2. The molecule has 4 rings (SSSR count). The van der Waals surface area contributed by atoms with Crippen molar-refractivity contribution in [2.45, 2.75) is 32.4 Å². The molecule has 1 atom stereocenters. The smallest absolute Gasteiger partial charge is 0.0227 e. The molecule has 3 heterocycles. The van der Waals surface area contributed by atoms with Gasteiger partial charge >= 0.3 is 0 Å². The van der Waals surface area contributed by atoms with Crippen LogP contribution in [-0.2, 0) is 6.54 Å². The summed E-state index contributed by atoms with van der Waals surface area (Å²) in [5.74, 6) is 0.922. The van der Waals surface area contributed by atoms with Crippen LogP contribution in [-0.4, -0.2) is 30.6 Å². The summed E-state index contributed by atoms with van der Waals surface area (Å²) in [6.07, 6.45) is 2.79. The van der Waals surface area contributed by atoms with Crippen LogP contribution in [0.15, 0.2) is 24.3 Å². The lowest BCUT2D eigenvalue weighted by Crippen LogP contribution is -2.55. The first-order chi connectivity index (χ1) is 8.31. The van der Waals surface area contributed by atoms with Crippen LogP contribution in [0, 0.1) is 12.8 Å². The van der Waals surface area contributed by atoms with Gasteiger partial charge in [-0.3, -0.25) is 0 Å². The third-order valence-corrected chi connectivity index (χ3v) is 4.35. The molecule has 0 spiro atoms. The normalized spacial score (nSPS) is 31.7. The highest BCUT2D eigenvalue weighted by molar-refractivity contribution is 5.21. The van der Waals surface area contributed by atoms with Crippen molar-refractivity contribution in [1.29, 1.82) is 0 Å². The Labute approximate surface area is 104 Å². The average molecular weight is 230 g/mol. The van der Waals surface area contributed by atoms with E-state index in [0.717, 1.165) is 18.5 Å². The van der Waals surface area contributed by atoms with Crippen LogP contribution < -0.4 is 5.32 Å². The van der Waals surface area contributed by atoms with Gasteiger partial charge in [0.1, 0.15) is 0 Å². The summed E-state index contributed by atoms with van der Waals surface area (Å²) in [5, 5.41) is 3.75. The van der Waals surface area contributed by atoms with Gasteiger partial charge in [-0.15, -0.1) is 0 Å². The SMILES string of the molecule is Cc1ccc(CN[C@@H]2CN3CCC2CC3)cc1. The predicted octanol–water partition coefficient (Wildman–Crippen LogP) is 2.18. The second-order valence-electron chi connectivity index (χ2n) is 5.61. The zero-order chi connectivity index (χ0) is 11.7. The molecule has 17 heavy (non-hydrogen) atoms. The maximum absolute atomic E-state index is 3.75. The maximum atomic E-state index is 3.75. The van der Waals surface area contributed by atoms with Crippen molar-refractivity contribution in [2.24, 2.45) is 5.92 Å². The van der Waals surface area contributed by atoms with Crippen LogP contribution in [0.3, 0.4) is 0 Å². The minimum absolute atomic E-state index is 0.721. The molecule has 2 bridgehead atoms. The van der Waals surface area contributed by atoms with E-state index in [4.69, 9.17) is 0 Å². The Hall–Kier alpha value is -0.860. The largest absolute Gasteiger partial charge is 0.308 e. The highest BCUT2D eigenvalue weighted by atomic mass is 15.2. The molecule has 2 nitrogen and oxygen atoms in total. The third kappa shape index (κ3) is 2.53. The maximum Gasteiger partial charge on any atom is 0.0227 e. The van der Waals surface area contributed by atoms with Gasteiger partial charge in [-0.05, 0) is 44.3 Å². The van der Waals surface area contributed by atoms with Crippen molar-refractivity contribution in [3.8, 4) is 0 Å². The van der Waals surface area contributed by atoms with Crippen LogP contribution in [0.5, 0.6) is 0 Å². The summed E-state index contributed by atoms with van der Waals surface area (Å²) in [6, 6.07) is 9.60. The van der Waals surface area contributed by atoms with E-state index in [1.807, 2.05) is 0 Å². The van der Waals surface area contributed by atoms with Gasteiger partial charge in [0.25, 0.3) is 0 Å². The van der Waals surface area contributed by atoms with Crippen molar-refractivity contribution in [1.82, 2.24) is 10.2 Å². The molecule has 0 aliphatic carbocycles. The molecule has 3 fully saturated rings. The molecule has 3 aliphatic heterocycles. The van der Waals surface area contributed by atoms with E-state index < -0.39 is 0 Å². The zero-order valence-corrected chi connectivity index (χ0v) is 10.7. The summed E-state index contributed by atoms with van der Waals surface area (Å²) in [7, 11) is 0. The van der Waals surface area contributed by atoms with E-state index >= 15 is 0 Å². The van der Waals surface area contributed by atoms with Gasteiger partial charge in [0, 0.05) is 19.1 Å². The van der Waals surface area contributed by atoms with E-state index in [1.54, 1.807) is 0 Å². The summed E-state index contributed by atoms with van der Waals surface area (Å²) in [4.78, 5) is 2.60. The molecule has 0 radical (unpaired) electrons. The fraction of sp³-hybridized carbons (Fsp3) is 0.600. The minimum Gasteiger partial charge on any atom is -0.308 e. The van der Waals surface area contributed by atoms with E-state index in [2.05, 4.69) is 41.4 Å². The Kier molecular flexibility index (Phi) is 3.17. The van der Waals surface area contributed by atoms with Crippen molar-refractivity contribution >= 4 is 0 Å². The number of fused-ring (bicyclic) bond motifs is 3. The molecule has 92 valence electrons. The second-order valence-corrected chi connectivity index (χ2v) is 5.61. The molecule has 3 aliphatic rings. The van der Waals surface area contributed by atoms with Crippen molar-refractivity contribution in [3.63, 3.8) is 0 Å². The first-order valence-electron chi connectivity index (χ1n) is 6.82. The Morgan fingerprint density at radius 1 is 1.18 bits per heavy atom. The van der Waals surface area contributed by atoms with Crippen LogP contribution in [0.2, 0.25) is 0 Å². The number of nitrogens with one attached hydrogen (secondary N) is 1. The Morgan fingerprint density at radius 2 is 1.88 bits per heavy atom. The van der Waals surface area contributed by atoms with Crippen molar-refractivity contribution in [3.05, 3.63) is 35.4 Å². The Bertz CT molecular complexity index is 363. The predicted molar refractivity (Wildman–Crippen MR) is 71.0 cm³/mol. The highest BCUT2D eigenvalue weighted by Crippen LogP contribution is 2.27. The Morgan fingerprint density at radius 3 is 2.47 bits per heavy atom.